The highest BCUT2D eigenvalue weighted by atomic mass is 32.2. The van der Waals surface area contributed by atoms with E-state index in [9.17, 15) is 13.2 Å². The van der Waals surface area contributed by atoms with Crippen LogP contribution >= 0.6 is 0 Å². The van der Waals surface area contributed by atoms with Crippen molar-refractivity contribution in [3.05, 3.63) is 109 Å². The fraction of sp³-hybridized carbons (Fsp3) is 0.138. The van der Waals surface area contributed by atoms with Gasteiger partial charge in [0.25, 0.3) is 0 Å². The molecule has 0 radical (unpaired) electrons. The smallest absolute Gasteiger partial charge is 0.240 e. The maximum atomic E-state index is 13.2. The SMILES string of the molecule is O=C(Cc1ccccc1)C(CNS(=O)(=O)c1ccc2oc3ccccc3c2c1)COc1ccccc1. The number of rotatable bonds is 10. The van der Waals surface area contributed by atoms with Gasteiger partial charge < -0.3 is 9.15 Å². The molecule has 1 heterocycles. The van der Waals surface area contributed by atoms with Gasteiger partial charge in [-0.05, 0) is 42.0 Å². The molecule has 36 heavy (non-hydrogen) atoms. The lowest BCUT2D eigenvalue weighted by Gasteiger charge is -2.18. The number of hydrogen-bond donors (Lipinski definition) is 1. The van der Waals surface area contributed by atoms with Crippen molar-refractivity contribution in [2.45, 2.75) is 11.3 Å². The van der Waals surface area contributed by atoms with Crippen molar-refractivity contribution >= 4 is 37.7 Å². The molecule has 0 spiro atoms. The van der Waals surface area contributed by atoms with Crippen LogP contribution in [0.15, 0.2) is 112 Å². The highest BCUT2D eigenvalue weighted by molar-refractivity contribution is 7.89. The molecule has 0 fully saturated rings. The molecule has 5 aromatic rings. The number of nitrogens with one attached hydrogen (secondary N) is 1. The molecule has 0 aliphatic carbocycles. The van der Waals surface area contributed by atoms with E-state index in [-0.39, 0.29) is 30.3 Å². The molecule has 7 heteroatoms. The number of sulfonamides is 1. The molecule has 182 valence electrons. The second kappa shape index (κ2) is 10.4. The van der Waals surface area contributed by atoms with Crippen molar-refractivity contribution in [2.24, 2.45) is 5.92 Å². The molecule has 0 bridgehead atoms. The average Bonchev–Trinajstić information content (AvgIpc) is 3.28. The summed E-state index contributed by atoms with van der Waals surface area (Å²) in [5, 5.41) is 1.56. The van der Waals surface area contributed by atoms with Crippen LogP contribution in [0.3, 0.4) is 0 Å². The molecule has 0 aliphatic rings. The van der Waals surface area contributed by atoms with Crippen molar-refractivity contribution in [2.75, 3.05) is 13.2 Å². The predicted octanol–water partition coefficient (Wildman–Crippen LogP) is 5.37. The van der Waals surface area contributed by atoms with Gasteiger partial charge >= 0.3 is 0 Å². The first-order chi connectivity index (χ1) is 17.5. The average molecular weight is 500 g/mol. The summed E-state index contributed by atoms with van der Waals surface area (Å²) in [7, 11) is -3.88. The van der Waals surface area contributed by atoms with Gasteiger partial charge in [-0.1, -0.05) is 66.7 Å². The van der Waals surface area contributed by atoms with E-state index in [4.69, 9.17) is 9.15 Å². The molecular formula is C29H25NO5S. The van der Waals surface area contributed by atoms with Gasteiger partial charge in [-0.25, -0.2) is 13.1 Å². The Bertz CT molecular complexity index is 1590. The Morgan fingerprint density at radius 3 is 2.25 bits per heavy atom. The van der Waals surface area contributed by atoms with Gasteiger partial charge in [0.1, 0.15) is 22.7 Å². The van der Waals surface area contributed by atoms with Crippen LogP contribution in [-0.2, 0) is 21.2 Å². The zero-order valence-electron chi connectivity index (χ0n) is 19.5. The van der Waals surface area contributed by atoms with Crippen LogP contribution in [0, 0.1) is 5.92 Å². The number of hydrogen-bond acceptors (Lipinski definition) is 5. The Morgan fingerprint density at radius 2 is 1.47 bits per heavy atom. The fourth-order valence-electron chi connectivity index (χ4n) is 4.09. The molecule has 4 aromatic carbocycles. The summed E-state index contributed by atoms with van der Waals surface area (Å²) in [4.78, 5) is 13.3. The summed E-state index contributed by atoms with van der Waals surface area (Å²) in [6, 6.07) is 30.8. The third-order valence-electron chi connectivity index (χ3n) is 6.05. The molecular weight excluding hydrogens is 474 g/mol. The van der Waals surface area contributed by atoms with Gasteiger partial charge in [0.15, 0.2) is 0 Å². The Kier molecular flexibility index (Phi) is 6.84. The molecule has 1 unspecified atom stereocenters. The number of furan rings is 1. The standard InChI is InChI=1S/C29H25NO5S/c31-27(17-21-9-3-1-4-10-21)22(20-34-23-11-5-2-6-12-23)19-30-36(32,33)24-15-16-29-26(18-24)25-13-7-8-14-28(25)35-29/h1-16,18,22,30H,17,19-20H2. The Labute approximate surface area is 209 Å². The maximum absolute atomic E-state index is 13.2. The summed E-state index contributed by atoms with van der Waals surface area (Å²) in [5.41, 5.74) is 2.18. The van der Waals surface area contributed by atoms with Crippen LogP contribution in [0.2, 0.25) is 0 Å². The topological polar surface area (TPSA) is 85.6 Å². The molecule has 1 atom stereocenters. The highest BCUT2D eigenvalue weighted by Gasteiger charge is 2.24. The minimum Gasteiger partial charge on any atom is -0.493 e. The van der Waals surface area contributed by atoms with Crippen LogP contribution in [-0.4, -0.2) is 27.4 Å². The Balaban J connectivity index is 1.35. The number of benzene rings is 4. The maximum Gasteiger partial charge on any atom is 0.240 e. The van der Waals surface area contributed by atoms with E-state index in [0.717, 1.165) is 16.3 Å². The second-order valence-electron chi connectivity index (χ2n) is 8.56. The van der Waals surface area contributed by atoms with E-state index in [1.165, 1.54) is 6.07 Å². The van der Waals surface area contributed by atoms with Gasteiger partial charge in [-0.15, -0.1) is 0 Å². The van der Waals surface area contributed by atoms with Crippen LogP contribution in [0.25, 0.3) is 21.9 Å². The van der Waals surface area contributed by atoms with Crippen molar-refractivity contribution < 1.29 is 22.4 Å². The first-order valence-electron chi connectivity index (χ1n) is 11.6. The molecule has 1 aromatic heterocycles. The van der Waals surface area contributed by atoms with Crippen molar-refractivity contribution in [1.29, 1.82) is 0 Å². The molecule has 0 saturated heterocycles. The van der Waals surface area contributed by atoms with E-state index in [2.05, 4.69) is 4.72 Å². The number of ketones is 1. The highest BCUT2D eigenvalue weighted by Crippen LogP contribution is 2.30. The van der Waals surface area contributed by atoms with E-state index < -0.39 is 15.9 Å². The molecule has 0 aliphatic heterocycles. The Morgan fingerprint density at radius 1 is 0.806 bits per heavy atom. The van der Waals surface area contributed by atoms with Crippen LogP contribution < -0.4 is 9.46 Å². The first-order valence-corrected chi connectivity index (χ1v) is 13.1. The van der Waals surface area contributed by atoms with Gasteiger partial charge in [0, 0.05) is 23.7 Å². The zero-order valence-corrected chi connectivity index (χ0v) is 20.3. The van der Waals surface area contributed by atoms with Gasteiger partial charge in [-0.2, -0.15) is 0 Å². The number of fused-ring (bicyclic) bond motifs is 3. The monoisotopic (exact) mass is 499 g/mol. The van der Waals surface area contributed by atoms with Gasteiger partial charge in [0.2, 0.25) is 10.0 Å². The summed E-state index contributed by atoms with van der Waals surface area (Å²) >= 11 is 0. The third kappa shape index (κ3) is 5.32. The number of ether oxygens (including phenoxy) is 1. The van der Waals surface area contributed by atoms with Crippen molar-refractivity contribution in [1.82, 2.24) is 4.72 Å². The summed E-state index contributed by atoms with van der Waals surface area (Å²) in [6.45, 7) is -0.0192. The molecule has 0 amide bonds. The quantitative estimate of drug-likeness (QED) is 0.279. The van der Waals surface area contributed by atoms with E-state index >= 15 is 0 Å². The third-order valence-corrected chi connectivity index (χ3v) is 7.47. The normalized spacial score (nSPS) is 12.6. The first kappa shape index (κ1) is 23.8. The van der Waals surface area contributed by atoms with Gasteiger partial charge in [-0.3, -0.25) is 4.79 Å². The number of carbonyl (C=O) groups excluding carboxylic acids is 1. The minimum absolute atomic E-state index is 0.0591. The molecule has 5 rings (SSSR count). The molecule has 6 nitrogen and oxygen atoms in total. The number of carbonyl (C=O) groups is 1. The summed E-state index contributed by atoms with van der Waals surface area (Å²) in [6.07, 6.45) is 0.193. The Hall–Kier alpha value is -3.94. The summed E-state index contributed by atoms with van der Waals surface area (Å²) in [5.74, 6) is -0.148. The van der Waals surface area contributed by atoms with Crippen LogP contribution in [0.1, 0.15) is 5.56 Å². The lowest BCUT2D eigenvalue weighted by Crippen LogP contribution is -2.36. The number of para-hydroxylation sites is 2. The lowest BCUT2D eigenvalue weighted by molar-refractivity contribution is -0.122. The van der Waals surface area contributed by atoms with E-state index in [1.807, 2.05) is 72.8 Å². The van der Waals surface area contributed by atoms with E-state index in [0.29, 0.717) is 16.9 Å². The zero-order chi connectivity index (χ0) is 25.0. The number of Topliss-reactive ketones (excluding diaryl/α,β-unsaturated/α-hetero) is 1. The van der Waals surface area contributed by atoms with Crippen molar-refractivity contribution in [3.63, 3.8) is 0 Å². The van der Waals surface area contributed by atoms with Crippen LogP contribution in [0.4, 0.5) is 0 Å². The van der Waals surface area contributed by atoms with Crippen LogP contribution in [0.5, 0.6) is 5.75 Å². The predicted molar refractivity (Wildman–Crippen MR) is 139 cm³/mol. The molecule has 1 N–H and O–H groups in total. The summed E-state index contributed by atoms with van der Waals surface area (Å²) < 4.78 is 40.7. The van der Waals surface area contributed by atoms with Crippen molar-refractivity contribution in [3.8, 4) is 5.75 Å². The fourth-order valence-corrected chi connectivity index (χ4v) is 5.19. The second-order valence-corrected chi connectivity index (χ2v) is 10.3. The minimum atomic E-state index is -3.88. The largest absolute Gasteiger partial charge is 0.493 e. The molecule has 0 saturated carbocycles. The van der Waals surface area contributed by atoms with Gasteiger partial charge in [0.05, 0.1) is 17.4 Å². The van der Waals surface area contributed by atoms with E-state index in [1.54, 1.807) is 24.3 Å². The lowest BCUT2D eigenvalue weighted by atomic mass is 9.98.